The molecule has 1 aliphatic heterocycles. The maximum absolute atomic E-state index is 11.9. The zero-order chi connectivity index (χ0) is 25.2. The van der Waals surface area contributed by atoms with Crippen LogP contribution in [0, 0.1) is 0 Å². The Morgan fingerprint density at radius 1 is 1.22 bits per heavy atom. The summed E-state index contributed by atoms with van der Waals surface area (Å²) >= 11 is 7.55. The lowest BCUT2D eigenvalue weighted by Crippen LogP contribution is -2.27. The highest BCUT2D eigenvalue weighted by molar-refractivity contribution is 7.03. The predicted molar refractivity (Wildman–Crippen MR) is 139 cm³/mol. The van der Waals surface area contributed by atoms with Crippen molar-refractivity contribution in [2.24, 2.45) is 0 Å². The van der Waals surface area contributed by atoms with Crippen molar-refractivity contribution in [2.45, 2.75) is 57.1 Å². The highest BCUT2D eigenvalue weighted by Gasteiger charge is 2.55. The lowest BCUT2D eigenvalue weighted by Gasteiger charge is -2.25. The zero-order valence-electron chi connectivity index (χ0n) is 19.9. The SMILES string of the molecule is CC(=O)Nc1cc(-c2cnsc2)cc([C@H]2C[C@@H](n3ccc4c(N)nc(Cl)nc43)[C@@H]3OC(C)(C)O[C@@H]32)c1. The van der Waals surface area contributed by atoms with Crippen molar-refractivity contribution in [3.8, 4) is 11.1 Å². The first kappa shape index (κ1) is 23.4. The van der Waals surface area contributed by atoms with Gasteiger partial charge in [0.1, 0.15) is 17.6 Å². The molecule has 2 fully saturated rings. The van der Waals surface area contributed by atoms with E-state index in [0.717, 1.165) is 34.2 Å². The molecule has 9 nitrogen and oxygen atoms in total. The monoisotopic (exact) mass is 524 g/mol. The van der Waals surface area contributed by atoms with E-state index in [-0.39, 0.29) is 35.4 Å². The standard InChI is InChI=1S/C25H25ClN6O3S/c1-12(33)29-16-7-13(15-10-28-36-11-15)6-14(8-16)18-9-19(21-20(18)34-25(2,3)35-21)32-5-4-17-22(27)30-24(26)31-23(17)32/h4-8,10-11,18-21H,9H2,1-3H3,(H,29,33)(H2,27,30,31)/t18-,19-,20-,21+/m1/s1. The first-order valence-corrected chi connectivity index (χ1v) is 12.9. The van der Waals surface area contributed by atoms with Gasteiger partial charge in [-0.05, 0) is 72.7 Å². The predicted octanol–water partition coefficient (Wildman–Crippen LogP) is 5.00. The number of nitrogen functional groups attached to an aromatic ring is 1. The molecule has 3 aromatic heterocycles. The van der Waals surface area contributed by atoms with Crippen molar-refractivity contribution in [3.05, 3.63) is 52.9 Å². The summed E-state index contributed by atoms with van der Waals surface area (Å²) < 4.78 is 19.2. The van der Waals surface area contributed by atoms with Crippen LogP contribution >= 0.6 is 23.1 Å². The normalized spacial score (nSPS) is 24.8. The minimum Gasteiger partial charge on any atom is -0.383 e. The minimum absolute atomic E-state index is 0.00735. The number of benzene rings is 1. The number of rotatable bonds is 4. The van der Waals surface area contributed by atoms with Crippen LogP contribution in [0.25, 0.3) is 22.2 Å². The van der Waals surface area contributed by atoms with Gasteiger partial charge in [0, 0.05) is 41.9 Å². The zero-order valence-corrected chi connectivity index (χ0v) is 21.5. The van der Waals surface area contributed by atoms with Crippen LogP contribution in [0.1, 0.15) is 44.7 Å². The van der Waals surface area contributed by atoms with Gasteiger partial charge < -0.3 is 25.1 Å². The number of hydrogen-bond acceptors (Lipinski definition) is 8. The molecule has 3 N–H and O–H groups in total. The molecule has 0 spiro atoms. The number of fused-ring (bicyclic) bond motifs is 2. The molecule has 1 aromatic carbocycles. The van der Waals surface area contributed by atoms with Crippen LogP contribution in [0.5, 0.6) is 0 Å². The molecule has 4 aromatic rings. The summed E-state index contributed by atoms with van der Waals surface area (Å²) in [5.74, 6) is -0.516. The number of anilines is 2. The smallest absolute Gasteiger partial charge is 0.226 e. The molecule has 1 aliphatic carbocycles. The molecule has 0 unspecified atom stereocenters. The number of nitrogens with one attached hydrogen (secondary N) is 1. The lowest BCUT2D eigenvalue weighted by atomic mass is 9.92. The van der Waals surface area contributed by atoms with Crippen molar-refractivity contribution in [1.82, 2.24) is 18.9 Å². The fourth-order valence-electron chi connectivity index (χ4n) is 5.50. The Kier molecular flexibility index (Phi) is 5.52. The molecule has 4 heterocycles. The number of hydrogen-bond donors (Lipinski definition) is 2. The number of carbonyl (C=O) groups excluding carboxylic acids is 1. The summed E-state index contributed by atoms with van der Waals surface area (Å²) in [4.78, 5) is 20.5. The molecule has 36 heavy (non-hydrogen) atoms. The largest absolute Gasteiger partial charge is 0.383 e. The number of nitrogens with zero attached hydrogens (tertiary/aromatic N) is 4. The van der Waals surface area contributed by atoms with Gasteiger partial charge in [0.15, 0.2) is 5.79 Å². The second-order valence-electron chi connectivity index (χ2n) is 9.75. The molecule has 186 valence electrons. The van der Waals surface area contributed by atoms with Gasteiger partial charge in [-0.1, -0.05) is 6.07 Å². The van der Waals surface area contributed by atoms with Crippen LogP contribution in [0.3, 0.4) is 0 Å². The molecule has 1 saturated carbocycles. The summed E-state index contributed by atoms with van der Waals surface area (Å²) in [6.07, 6.45) is 4.12. The first-order chi connectivity index (χ1) is 17.2. The van der Waals surface area contributed by atoms with E-state index in [1.54, 1.807) is 0 Å². The molecule has 11 heteroatoms. The molecule has 6 rings (SSSR count). The summed E-state index contributed by atoms with van der Waals surface area (Å²) in [6, 6.07) is 7.98. The molecular formula is C25H25ClN6O3S. The van der Waals surface area contributed by atoms with E-state index in [0.29, 0.717) is 11.5 Å². The number of ether oxygens (including phenoxy) is 2. The molecule has 2 aliphatic rings. The van der Waals surface area contributed by atoms with Gasteiger partial charge in [0.2, 0.25) is 11.2 Å². The van der Waals surface area contributed by atoms with E-state index in [2.05, 4.69) is 30.3 Å². The fourth-order valence-corrected chi connectivity index (χ4v) is 6.22. The average molecular weight is 525 g/mol. The van der Waals surface area contributed by atoms with Crippen LogP contribution < -0.4 is 11.1 Å². The molecule has 0 radical (unpaired) electrons. The summed E-state index contributed by atoms with van der Waals surface area (Å²) in [5.41, 5.74) is 10.6. The molecule has 1 amide bonds. The van der Waals surface area contributed by atoms with Crippen LogP contribution in [0.4, 0.5) is 11.5 Å². The Labute approximate surface area is 216 Å². The molecule has 4 atom stereocenters. The van der Waals surface area contributed by atoms with E-state index < -0.39 is 5.79 Å². The van der Waals surface area contributed by atoms with Crippen molar-refractivity contribution in [1.29, 1.82) is 0 Å². The Bertz CT molecular complexity index is 1470. The van der Waals surface area contributed by atoms with Gasteiger partial charge in [-0.3, -0.25) is 4.79 Å². The third-order valence-corrected chi connectivity index (χ3v) is 7.59. The summed E-state index contributed by atoms with van der Waals surface area (Å²) in [5, 5.41) is 5.79. The van der Waals surface area contributed by atoms with E-state index in [1.807, 2.05) is 49.8 Å². The third-order valence-electron chi connectivity index (χ3n) is 6.84. The second kappa shape index (κ2) is 8.52. The quantitative estimate of drug-likeness (QED) is 0.361. The second-order valence-corrected chi connectivity index (χ2v) is 10.7. The highest BCUT2D eigenvalue weighted by atomic mass is 35.5. The number of nitrogens with two attached hydrogens (primary N) is 1. The number of aromatic nitrogens is 4. The Balaban J connectivity index is 1.45. The number of halogens is 1. The van der Waals surface area contributed by atoms with E-state index in [9.17, 15) is 4.79 Å². The Hall–Kier alpha value is -3.05. The lowest BCUT2D eigenvalue weighted by molar-refractivity contribution is -0.157. The molecular weight excluding hydrogens is 500 g/mol. The molecule has 0 bridgehead atoms. The maximum Gasteiger partial charge on any atom is 0.226 e. The van der Waals surface area contributed by atoms with Gasteiger partial charge >= 0.3 is 0 Å². The average Bonchev–Trinajstić information content (AvgIpc) is 3.56. The summed E-state index contributed by atoms with van der Waals surface area (Å²) in [7, 11) is 0. The van der Waals surface area contributed by atoms with E-state index >= 15 is 0 Å². The van der Waals surface area contributed by atoms with Gasteiger partial charge in [0.05, 0.1) is 17.5 Å². The Morgan fingerprint density at radius 2 is 2.03 bits per heavy atom. The van der Waals surface area contributed by atoms with E-state index in [1.165, 1.54) is 18.5 Å². The highest BCUT2D eigenvalue weighted by Crippen LogP contribution is 2.52. The van der Waals surface area contributed by atoms with Crippen LogP contribution in [0.2, 0.25) is 5.28 Å². The van der Waals surface area contributed by atoms with Gasteiger partial charge in [0.25, 0.3) is 0 Å². The topological polar surface area (TPSA) is 117 Å². The maximum atomic E-state index is 11.9. The van der Waals surface area contributed by atoms with Gasteiger partial charge in [-0.25, -0.2) is 9.36 Å². The Morgan fingerprint density at radius 3 is 2.78 bits per heavy atom. The van der Waals surface area contributed by atoms with Crippen LogP contribution in [-0.4, -0.2) is 42.8 Å². The van der Waals surface area contributed by atoms with Crippen molar-refractivity contribution >= 4 is 51.6 Å². The van der Waals surface area contributed by atoms with E-state index in [4.69, 9.17) is 26.8 Å². The summed E-state index contributed by atoms with van der Waals surface area (Å²) in [6.45, 7) is 5.37. The van der Waals surface area contributed by atoms with Crippen molar-refractivity contribution < 1.29 is 14.3 Å². The first-order valence-electron chi connectivity index (χ1n) is 11.7. The van der Waals surface area contributed by atoms with Crippen LogP contribution in [-0.2, 0) is 14.3 Å². The number of carbonyl (C=O) groups is 1. The van der Waals surface area contributed by atoms with Crippen LogP contribution in [0.15, 0.2) is 42.0 Å². The van der Waals surface area contributed by atoms with Crippen molar-refractivity contribution in [2.75, 3.05) is 11.1 Å². The third kappa shape index (κ3) is 4.03. The minimum atomic E-state index is -0.740. The fraction of sp³-hybridized carbons (Fsp3) is 0.360. The van der Waals surface area contributed by atoms with Crippen molar-refractivity contribution in [3.63, 3.8) is 0 Å². The van der Waals surface area contributed by atoms with Gasteiger partial charge in [-0.2, -0.15) is 4.98 Å². The number of amides is 1. The van der Waals surface area contributed by atoms with Gasteiger partial charge in [-0.15, -0.1) is 0 Å². The molecule has 1 saturated heterocycles.